The summed E-state index contributed by atoms with van der Waals surface area (Å²) in [5.74, 6) is -0.138. The fourth-order valence-corrected chi connectivity index (χ4v) is 3.69. The van der Waals surface area contributed by atoms with E-state index in [1.165, 1.54) is 18.4 Å². The van der Waals surface area contributed by atoms with E-state index in [4.69, 9.17) is 9.15 Å². The normalized spacial score (nSPS) is 14.2. The Morgan fingerprint density at radius 1 is 1.13 bits per heavy atom. The van der Waals surface area contributed by atoms with Gasteiger partial charge in [-0.25, -0.2) is 0 Å². The number of rotatable bonds is 3. The highest BCUT2D eigenvalue weighted by Crippen LogP contribution is 2.45. The minimum atomic E-state index is -0.578. The zero-order valence-electron chi connectivity index (χ0n) is 17.8. The van der Waals surface area contributed by atoms with Gasteiger partial charge in [-0.2, -0.15) is 0 Å². The van der Waals surface area contributed by atoms with Crippen molar-refractivity contribution in [2.75, 3.05) is 0 Å². The van der Waals surface area contributed by atoms with Crippen LogP contribution in [0.3, 0.4) is 0 Å². The summed E-state index contributed by atoms with van der Waals surface area (Å²) in [5.41, 5.74) is 1.63. The van der Waals surface area contributed by atoms with Gasteiger partial charge in [0.15, 0.2) is 0 Å². The van der Waals surface area contributed by atoms with E-state index < -0.39 is 11.0 Å². The maximum Gasteiger partial charge on any atom is 0.204 e. The third-order valence-electron chi connectivity index (χ3n) is 5.28. The number of aromatic hydroxyl groups is 3. The van der Waals surface area contributed by atoms with Crippen molar-refractivity contribution in [3.63, 3.8) is 0 Å². The van der Waals surface area contributed by atoms with Crippen LogP contribution in [0.15, 0.2) is 51.4 Å². The Morgan fingerprint density at radius 3 is 2.55 bits per heavy atom. The summed E-state index contributed by atoms with van der Waals surface area (Å²) in [4.78, 5) is 13.4. The van der Waals surface area contributed by atoms with Crippen molar-refractivity contribution >= 4 is 17.0 Å². The zero-order valence-corrected chi connectivity index (χ0v) is 17.8. The van der Waals surface area contributed by atoms with E-state index >= 15 is 0 Å². The third-order valence-corrected chi connectivity index (χ3v) is 5.28. The van der Waals surface area contributed by atoms with Crippen molar-refractivity contribution in [2.45, 2.75) is 39.7 Å². The lowest BCUT2D eigenvalue weighted by Gasteiger charge is -2.30. The standard InChI is InChI=1S/C25H24O6/c1-13(2)5-7-17-23-16(9-10-25(3,4)31-23)21(28)20-22(29)18(12-30-24(17)20)15-8-6-14(26)11-19(15)27/h5-6,8-12,26-28H,7H2,1-4H3. The van der Waals surface area contributed by atoms with Crippen LogP contribution >= 0.6 is 0 Å². The molecule has 6 nitrogen and oxygen atoms in total. The first-order valence-electron chi connectivity index (χ1n) is 9.96. The summed E-state index contributed by atoms with van der Waals surface area (Å²) in [6, 6.07) is 3.93. The monoisotopic (exact) mass is 420 g/mol. The van der Waals surface area contributed by atoms with Crippen LogP contribution in [0, 0.1) is 0 Å². The molecule has 0 aliphatic carbocycles. The first kappa shape index (κ1) is 20.6. The van der Waals surface area contributed by atoms with Gasteiger partial charge in [0.05, 0.1) is 11.1 Å². The molecule has 31 heavy (non-hydrogen) atoms. The number of benzene rings is 2. The number of fused-ring (bicyclic) bond motifs is 2. The number of ether oxygens (including phenoxy) is 1. The van der Waals surface area contributed by atoms with E-state index in [9.17, 15) is 20.1 Å². The summed E-state index contributed by atoms with van der Waals surface area (Å²) < 4.78 is 12.0. The van der Waals surface area contributed by atoms with Crippen molar-refractivity contribution in [1.82, 2.24) is 0 Å². The Morgan fingerprint density at radius 2 is 1.87 bits per heavy atom. The van der Waals surface area contributed by atoms with Crippen LogP contribution in [0.1, 0.15) is 38.8 Å². The Labute approximate surface area is 179 Å². The fourth-order valence-electron chi connectivity index (χ4n) is 3.69. The van der Waals surface area contributed by atoms with Crippen LogP contribution in [0.2, 0.25) is 0 Å². The van der Waals surface area contributed by atoms with Gasteiger partial charge in [0.1, 0.15) is 45.8 Å². The fraction of sp³-hybridized carbons (Fsp3) is 0.240. The molecule has 0 atom stereocenters. The lowest BCUT2D eigenvalue weighted by molar-refractivity contribution is 0.157. The molecule has 2 heterocycles. The molecule has 1 aromatic heterocycles. The van der Waals surface area contributed by atoms with Crippen LogP contribution in [0.5, 0.6) is 23.0 Å². The smallest absolute Gasteiger partial charge is 0.204 e. The molecule has 0 amide bonds. The van der Waals surface area contributed by atoms with E-state index in [0.29, 0.717) is 23.3 Å². The lowest BCUT2D eigenvalue weighted by Crippen LogP contribution is -2.28. The van der Waals surface area contributed by atoms with Crippen molar-refractivity contribution in [3.05, 3.63) is 63.5 Å². The van der Waals surface area contributed by atoms with Crippen LogP contribution < -0.4 is 10.2 Å². The maximum absolute atomic E-state index is 13.4. The van der Waals surface area contributed by atoms with E-state index in [2.05, 4.69) is 0 Å². The number of allylic oxidation sites excluding steroid dienone is 2. The predicted molar refractivity (Wildman–Crippen MR) is 120 cm³/mol. The first-order chi connectivity index (χ1) is 14.6. The molecule has 0 saturated carbocycles. The van der Waals surface area contributed by atoms with E-state index in [1.807, 2.05) is 39.8 Å². The summed E-state index contributed by atoms with van der Waals surface area (Å²) in [7, 11) is 0. The van der Waals surface area contributed by atoms with Crippen LogP contribution in [-0.4, -0.2) is 20.9 Å². The molecule has 1 aliphatic heterocycles. The van der Waals surface area contributed by atoms with Gasteiger partial charge in [0.2, 0.25) is 5.43 Å². The summed E-state index contributed by atoms with van der Waals surface area (Å²) in [6.45, 7) is 7.76. The molecule has 1 aliphatic rings. The van der Waals surface area contributed by atoms with Gasteiger partial charge in [0, 0.05) is 17.2 Å². The summed E-state index contributed by atoms with van der Waals surface area (Å²) in [6.07, 6.45) is 7.30. The molecule has 2 aromatic carbocycles. The summed E-state index contributed by atoms with van der Waals surface area (Å²) in [5, 5.41) is 30.8. The van der Waals surface area contributed by atoms with Gasteiger partial charge >= 0.3 is 0 Å². The molecule has 4 rings (SSSR count). The topological polar surface area (TPSA) is 100 Å². The molecule has 0 bridgehead atoms. The highest BCUT2D eigenvalue weighted by molar-refractivity contribution is 5.96. The first-order valence-corrected chi connectivity index (χ1v) is 9.96. The number of hydrogen-bond acceptors (Lipinski definition) is 6. The second-order valence-electron chi connectivity index (χ2n) is 8.48. The van der Waals surface area contributed by atoms with Crippen molar-refractivity contribution < 1.29 is 24.5 Å². The van der Waals surface area contributed by atoms with Crippen molar-refractivity contribution in [3.8, 4) is 34.1 Å². The minimum absolute atomic E-state index is 0.0221. The van der Waals surface area contributed by atoms with Gasteiger partial charge in [-0.15, -0.1) is 0 Å². The molecule has 6 heteroatoms. The van der Waals surface area contributed by atoms with Crippen LogP contribution in [0.4, 0.5) is 0 Å². The molecule has 160 valence electrons. The zero-order chi connectivity index (χ0) is 22.5. The van der Waals surface area contributed by atoms with Gasteiger partial charge in [-0.05, 0) is 58.4 Å². The number of phenols is 3. The van der Waals surface area contributed by atoms with Gasteiger partial charge < -0.3 is 24.5 Å². The van der Waals surface area contributed by atoms with Gasteiger partial charge in [-0.3, -0.25) is 4.79 Å². The Kier molecular flexibility index (Phi) is 4.81. The van der Waals surface area contributed by atoms with Crippen molar-refractivity contribution in [2.24, 2.45) is 0 Å². The number of hydrogen-bond donors (Lipinski definition) is 3. The predicted octanol–water partition coefficient (Wildman–Crippen LogP) is 5.27. The number of phenolic OH excluding ortho intramolecular Hbond substituents is 3. The molecule has 3 aromatic rings. The molecule has 0 spiro atoms. The second-order valence-corrected chi connectivity index (χ2v) is 8.48. The van der Waals surface area contributed by atoms with Gasteiger partial charge in [0.25, 0.3) is 0 Å². The maximum atomic E-state index is 13.4. The van der Waals surface area contributed by atoms with Crippen LogP contribution in [0.25, 0.3) is 28.2 Å². The molecule has 3 N–H and O–H groups in total. The quantitative estimate of drug-likeness (QED) is 0.499. The molecular weight excluding hydrogens is 396 g/mol. The highest BCUT2D eigenvalue weighted by Gasteiger charge is 2.30. The molecular formula is C25H24O6. The average molecular weight is 420 g/mol. The largest absolute Gasteiger partial charge is 0.508 e. The SMILES string of the molecule is CC(C)=CCc1c2c(c(O)c3c(=O)c(-c4ccc(O)cc4O)coc13)C=CC(C)(C)O2. The molecule has 0 radical (unpaired) electrons. The van der Waals surface area contributed by atoms with E-state index in [0.717, 1.165) is 11.6 Å². The second kappa shape index (κ2) is 7.23. The summed E-state index contributed by atoms with van der Waals surface area (Å²) >= 11 is 0. The Bertz CT molecular complexity index is 1320. The third kappa shape index (κ3) is 3.54. The van der Waals surface area contributed by atoms with Crippen molar-refractivity contribution in [1.29, 1.82) is 0 Å². The molecule has 0 saturated heterocycles. The Hall–Kier alpha value is -3.67. The van der Waals surface area contributed by atoms with E-state index in [1.54, 1.807) is 6.08 Å². The van der Waals surface area contributed by atoms with E-state index in [-0.39, 0.29) is 39.3 Å². The van der Waals surface area contributed by atoms with Gasteiger partial charge in [-0.1, -0.05) is 11.6 Å². The van der Waals surface area contributed by atoms with Crippen LogP contribution in [-0.2, 0) is 6.42 Å². The minimum Gasteiger partial charge on any atom is -0.508 e. The Balaban J connectivity index is 2.07. The highest BCUT2D eigenvalue weighted by atomic mass is 16.5. The molecule has 0 unspecified atom stereocenters. The average Bonchev–Trinajstić information content (AvgIpc) is 2.67. The lowest BCUT2D eigenvalue weighted by atomic mass is 9.93. The molecule has 0 fully saturated rings.